The van der Waals surface area contributed by atoms with Gasteiger partial charge in [-0.1, -0.05) is 36.4 Å². The predicted octanol–water partition coefficient (Wildman–Crippen LogP) is 6.03. The van der Waals surface area contributed by atoms with E-state index in [4.69, 9.17) is 0 Å². The fourth-order valence-corrected chi connectivity index (χ4v) is 13.0. The molecule has 4 heteroatoms. The van der Waals surface area contributed by atoms with Gasteiger partial charge in [-0.25, -0.2) is 0 Å². The van der Waals surface area contributed by atoms with Crippen LogP contribution in [0.15, 0.2) is 36.4 Å². The largest absolute Gasteiger partial charge is 0.392 e. The van der Waals surface area contributed by atoms with Gasteiger partial charge in [-0.2, -0.15) is 0 Å². The highest BCUT2D eigenvalue weighted by Crippen LogP contribution is 2.78. The van der Waals surface area contributed by atoms with Crippen LogP contribution in [0.2, 0.25) is 0 Å². The molecule has 0 aromatic heterocycles. The van der Waals surface area contributed by atoms with Crippen molar-refractivity contribution >= 4 is 0 Å². The Morgan fingerprint density at radius 1 is 0.475 bits per heavy atom. The van der Waals surface area contributed by atoms with Gasteiger partial charge in [-0.05, 0) is 156 Å². The van der Waals surface area contributed by atoms with Crippen LogP contribution in [0.4, 0.5) is 0 Å². The van der Waals surface area contributed by atoms with Gasteiger partial charge >= 0.3 is 0 Å². The van der Waals surface area contributed by atoms with E-state index in [2.05, 4.69) is 36.4 Å². The summed E-state index contributed by atoms with van der Waals surface area (Å²) in [6.07, 6.45) is 16.2. The van der Waals surface area contributed by atoms with Crippen LogP contribution >= 0.6 is 0 Å². The Kier molecular flexibility index (Phi) is 5.77. The van der Waals surface area contributed by atoms with Crippen molar-refractivity contribution < 1.29 is 20.4 Å². The highest BCUT2D eigenvalue weighted by Gasteiger charge is 2.70. The lowest BCUT2D eigenvalue weighted by atomic mass is 9.30. The van der Waals surface area contributed by atoms with E-state index in [0.29, 0.717) is 10.8 Å². The second-order valence-corrected chi connectivity index (χ2v) is 15.6. The van der Waals surface area contributed by atoms with Crippen molar-refractivity contribution in [2.45, 2.75) is 114 Å². The number of rotatable bonds is 7. The van der Waals surface area contributed by atoms with Crippen molar-refractivity contribution in [2.75, 3.05) is 0 Å². The van der Waals surface area contributed by atoms with E-state index < -0.39 is 0 Å². The molecule has 8 bridgehead atoms. The highest BCUT2D eigenvalue weighted by molar-refractivity contribution is 5.41. The van der Waals surface area contributed by atoms with Gasteiger partial charge in [0.1, 0.15) is 0 Å². The summed E-state index contributed by atoms with van der Waals surface area (Å²) < 4.78 is 0. The molecule has 0 heterocycles. The number of hydrogen-bond acceptors (Lipinski definition) is 4. The van der Waals surface area contributed by atoms with Crippen LogP contribution in [0.25, 0.3) is 0 Å². The van der Waals surface area contributed by atoms with E-state index in [1.54, 1.807) is 0 Å². The summed E-state index contributed by atoms with van der Waals surface area (Å²) >= 11 is 0. The minimum absolute atomic E-state index is 0.00146. The lowest BCUT2D eigenvalue weighted by Crippen LogP contribution is -2.66. The first-order valence-corrected chi connectivity index (χ1v) is 16.0. The standard InChI is InChI=1S/C36H46O4/c37-17-27-1-3-31(7-29(27)19-39)33-9-23-5-24(10-33)14-35(13-23,21-33)36-15-25-6-26(16-36)12-34(11-25,22-36)32-4-2-28(18-38)30(8-32)20-40/h1-4,7-8,23-26,37-40H,5-6,9-22H2. The third-order valence-electron chi connectivity index (χ3n) is 13.6. The van der Waals surface area contributed by atoms with Gasteiger partial charge in [0.05, 0.1) is 26.4 Å². The molecule has 4 N–H and O–H groups in total. The van der Waals surface area contributed by atoms with Gasteiger partial charge in [-0.15, -0.1) is 0 Å². The number of hydrogen-bond donors (Lipinski definition) is 4. The molecule has 8 aliphatic carbocycles. The zero-order valence-electron chi connectivity index (χ0n) is 23.9. The molecule has 2 aromatic rings. The van der Waals surface area contributed by atoms with Crippen molar-refractivity contribution in [2.24, 2.45) is 34.5 Å². The Hall–Kier alpha value is -1.72. The predicted molar refractivity (Wildman–Crippen MR) is 154 cm³/mol. The summed E-state index contributed by atoms with van der Waals surface area (Å²) in [5.74, 6) is 3.24. The van der Waals surface area contributed by atoms with Crippen molar-refractivity contribution in [3.8, 4) is 0 Å². The molecular weight excluding hydrogens is 496 g/mol. The minimum atomic E-state index is -0.0103. The molecule has 4 unspecified atom stereocenters. The first kappa shape index (κ1) is 25.9. The van der Waals surface area contributed by atoms with Crippen LogP contribution in [0.5, 0.6) is 0 Å². The molecule has 40 heavy (non-hydrogen) atoms. The van der Waals surface area contributed by atoms with Gasteiger partial charge in [-0.3, -0.25) is 0 Å². The molecule has 214 valence electrons. The van der Waals surface area contributed by atoms with Crippen molar-refractivity contribution in [1.29, 1.82) is 0 Å². The summed E-state index contributed by atoms with van der Waals surface area (Å²) in [6, 6.07) is 13.3. The Balaban J connectivity index is 1.21. The summed E-state index contributed by atoms with van der Waals surface area (Å²) in [6.45, 7) is -0.0235. The molecule has 0 radical (unpaired) electrons. The fourth-order valence-electron chi connectivity index (χ4n) is 13.0. The van der Waals surface area contributed by atoms with E-state index in [-0.39, 0.29) is 37.3 Å². The maximum atomic E-state index is 10.1. The van der Waals surface area contributed by atoms with Crippen LogP contribution in [0.3, 0.4) is 0 Å². The van der Waals surface area contributed by atoms with Gasteiger partial charge in [0, 0.05) is 0 Å². The molecule has 10 rings (SSSR count). The van der Waals surface area contributed by atoms with Crippen molar-refractivity contribution in [1.82, 2.24) is 0 Å². The molecular formula is C36H46O4. The molecule has 4 nitrogen and oxygen atoms in total. The second-order valence-electron chi connectivity index (χ2n) is 15.6. The molecule has 8 saturated carbocycles. The number of aliphatic hydroxyl groups is 4. The normalized spacial score (nSPS) is 42.6. The maximum absolute atomic E-state index is 10.1. The van der Waals surface area contributed by atoms with E-state index in [9.17, 15) is 20.4 Å². The van der Waals surface area contributed by atoms with Crippen molar-refractivity contribution in [3.05, 3.63) is 69.8 Å². The Morgan fingerprint density at radius 2 is 0.825 bits per heavy atom. The van der Waals surface area contributed by atoms with E-state index in [0.717, 1.165) is 45.9 Å². The van der Waals surface area contributed by atoms with Crippen LogP contribution in [-0.2, 0) is 37.3 Å². The Labute approximate surface area is 238 Å². The molecule has 0 saturated heterocycles. The number of aliphatic hydroxyl groups excluding tert-OH is 4. The highest BCUT2D eigenvalue weighted by atomic mass is 16.3. The van der Waals surface area contributed by atoms with Gasteiger partial charge < -0.3 is 20.4 Å². The summed E-state index contributed by atoms with van der Waals surface area (Å²) in [4.78, 5) is 0. The van der Waals surface area contributed by atoms with Gasteiger partial charge in [0.15, 0.2) is 0 Å². The first-order chi connectivity index (χ1) is 19.4. The molecule has 0 aliphatic heterocycles. The lowest BCUT2D eigenvalue weighted by molar-refractivity contribution is -0.212. The summed E-state index contributed by atoms with van der Waals surface area (Å²) in [5, 5.41) is 40.0. The average molecular weight is 543 g/mol. The zero-order chi connectivity index (χ0) is 27.3. The van der Waals surface area contributed by atoms with E-state index in [1.807, 2.05) is 0 Å². The Morgan fingerprint density at radius 3 is 1.15 bits per heavy atom. The molecule has 0 amide bonds. The van der Waals surface area contributed by atoms with Crippen molar-refractivity contribution in [3.63, 3.8) is 0 Å². The van der Waals surface area contributed by atoms with Crippen LogP contribution in [0.1, 0.15) is 110 Å². The maximum Gasteiger partial charge on any atom is 0.0685 e. The smallest absolute Gasteiger partial charge is 0.0685 e. The quantitative estimate of drug-likeness (QED) is 0.344. The van der Waals surface area contributed by atoms with E-state index >= 15 is 0 Å². The first-order valence-electron chi connectivity index (χ1n) is 16.0. The summed E-state index contributed by atoms with van der Waals surface area (Å²) in [7, 11) is 0. The monoisotopic (exact) mass is 542 g/mol. The zero-order valence-corrected chi connectivity index (χ0v) is 23.9. The molecule has 8 aliphatic rings. The van der Waals surface area contributed by atoms with Gasteiger partial charge in [0.2, 0.25) is 0 Å². The SMILES string of the molecule is OCc1ccc(C23CC4CC(C2)CC(C25CC6CC(CC(c7ccc(CO)c(CO)c7)(C6)C2)C5)(C4)C3)cc1CO. The fraction of sp³-hybridized carbons (Fsp3) is 0.667. The van der Waals surface area contributed by atoms with E-state index in [1.165, 1.54) is 88.2 Å². The third kappa shape index (κ3) is 3.52. The second kappa shape index (κ2) is 8.89. The van der Waals surface area contributed by atoms with Crippen LogP contribution in [0, 0.1) is 34.5 Å². The topological polar surface area (TPSA) is 80.9 Å². The van der Waals surface area contributed by atoms with Gasteiger partial charge in [0.25, 0.3) is 0 Å². The Bertz CT molecular complexity index is 1200. The number of benzene rings is 2. The third-order valence-corrected chi connectivity index (χ3v) is 13.6. The molecule has 4 atom stereocenters. The molecule has 2 aromatic carbocycles. The van der Waals surface area contributed by atoms with Crippen LogP contribution < -0.4 is 0 Å². The minimum Gasteiger partial charge on any atom is -0.392 e. The lowest BCUT2D eigenvalue weighted by Gasteiger charge is -2.74. The molecule has 0 spiro atoms. The molecule has 8 fully saturated rings. The average Bonchev–Trinajstić information content (AvgIpc) is 2.95. The summed E-state index contributed by atoms with van der Waals surface area (Å²) in [5.41, 5.74) is 7.63. The van der Waals surface area contributed by atoms with Crippen LogP contribution in [-0.4, -0.2) is 20.4 Å².